The van der Waals surface area contributed by atoms with Crippen LogP contribution >= 0.6 is 23.2 Å². The van der Waals surface area contributed by atoms with Crippen LogP contribution in [0.4, 0.5) is 5.69 Å². The van der Waals surface area contributed by atoms with E-state index in [0.29, 0.717) is 13.2 Å². The molecule has 0 saturated carbocycles. The number of nitrogen functional groups attached to an aromatic ring is 1. The van der Waals surface area contributed by atoms with Gasteiger partial charge in [-0.2, -0.15) is 0 Å². The van der Waals surface area contributed by atoms with Gasteiger partial charge in [0.1, 0.15) is 0 Å². The molecule has 5 nitrogen and oxygen atoms in total. The minimum atomic E-state index is -3.66. The lowest BCUT2D eigenvalue weighted by atomic mass is 10.3. The third-order valence-corrected chi connectivity index (χ3v) is 4.17. The van der Waals surface area contributed by atoms with Crippen LogP contribution in [0.15, 0.2) is 17.0 Å². The molecule has 18 heavy (non-hydrogen) atoms. The summed E-state index contributed by atoms with van der Waals surface area (Å²) >= 11 is 11.6. The van der Waals surface area contributed by atoms with Crippen molar-refractivity contribution < 1.29 is 13.2 Å². The second-order valence-corrected chi connectivity index (χ2v) is 5.98. The van der Waals surface area contributed by atoms with Crippen LogP contribution in [0.1, 0.15) is 6.92 Å². The molecule has 0 spiro atoms. The van der Waals surface area contributed by atoms with Crippen LogP contribution < -0.4 is 10.5 Å². The van der Waals surface area contributed by atoms with Crippen LogP contribution in [0.5, 0.6) is 0 Å². The van der Waals surface area contributed by atoms with Crippen LogP contribution in [0, 0.1) is 0 Å². The number of halogens is 2. The molecule has 0 bridgehead atoms. The van der Waals surface area contributed by atoms with Gasteiger partial charge in [-0.3, -0.25) is 0 Å². The van der Waals surface area contributed by atoms with E-state index in [4.69, 9.17) is 33.7 Å². The van der Waals surface area contributed by atoms with E-state index in [1.54, 1.807) is 0 Å². The molecule has 1 aromatic carbocycles. The van der Waals surface area contributed by atoms with E-state index in [1.807, 2.05) is 6.92 Å². The van der Waals surface area contributed by atoms with Crippen molar-refractivity contribution in [3.8, 4) is 0 Å². The predicted octanol–water partition coefficient (Wildman–Crippen LogP) is 1.89. The SMILES string of the molecule is CCOCCNS(=O)(=O)c1cc(Cl)c(N)c(Cl)c1. The highest BCUT2D eigenvalue weighted by Gasteiger charge is 2.16. The van der Waals surface area contributed by atoms with Gasteiger partial charge in [-0.25, -0.2) is 13.1 Å². The molecular formula is C10H14Cl2N2O3S. The fourth-order valence-electron chi connectivity index (χ4n) is 1.19. The first kappa shape index (κ1) is 15.5. The molecule has 8 heteroatoms. The van der Waals surface area contributed by atoms with Crippen LogP contribution in [0.2, 0.25) is 10.0 Å². The lowest BCUT2D eigenvalue weighted by Crippen LogP contribution is -2.27. The second kappa shape index (κ2) is 6.58. The average molecular weight is 313 g/mol. The Kier molecular flexibility index (Phi) is 5.68. The first-order chi connectivity index (χ1) is 8.38. The topological polar surface area (TPSA) is 81.4 Å². The Morgan fingerprint density at radius 2 is 1.89 bits per heavy atom. The first-order valence-corrected chi connectivity index (χ1v) is 7.44. The summed E-state index contributed by atoms with van der Waals surface area (Å²) in [5.74, 6) is 0. The van der Waals surface area contributed by atoms with Crippen molar-refractivity contribution in [2.24, 2.45) is 0 Å². The maximum absolute atomic E-state index is 11.9. The van der Waals surface area contributed by atoms with Gasteiger partial charge in [0.2, 0.25) is 10.0 Å². The summed E-state index contributed by atoms with van der Waals surface area (Å²) in [5, 5.41) is 0.209. The second-order valence-electron chi connectivity index (χ2n) is 3.40. The van der Waals surface area contributed by atoms with Crippen molar-refractivity contribution in [3.63, 3.8) is 0 Å². The Morgan fingerprint density at radius 3 is 2.39 bits per heavy atom. The van der Waals surface area contributed by atoms with Crippen LogP contribution in [-0.2, 0) is 14.8 Å². The van der Waals surface area contributed by atoms with Gasteiger partial charge in [0, 0.05) is 13.2 Å². The van der Waals surface area contributed by atoms with E-state index in [-0.39, 0.29) is 27.2 Å². The number of nitrogens with two attached hydrogens (primary N) is 1. The Morgan fingerprint density at radius 1 is 1.33 bits per heavy atom. The summed E-state index contributed by atoms with van der Waals surface area (Å²) in [5.41, 5.74) is 5.69. The highest BCUT2D eigenvalue weighted by molar-refractivity contribution is 7.89. The molecule has 0 heterocycles. The maximum atomic E-state index is 11.9. The molecule has 0 aromatic heterocycles. The van der Waals surface area contributed by atoms with Gasteiger partial charge in [0.15, 0.2) is 0 Å². The fraction of sp³-hybridized carbons (Fsp3) is 0.400. The van der Waals surface area contributed by atoms with Gasteiger partial charge in [0.25, 0.3) is 0 Å². The van der Waals surface area contributed by atoms with E-state index in [1.165, 1.54) is 12.1 Å². The van der Waals surface area contributed by atoms with Gasteiger partial charge in [0.05, 0.1) is 27.2 Å². The summed E-state index contributed by atoms with van der Waals surface area (Å²) in [7, 11) is -3.66. The number of nitrogens with one attached hydrogen (secondary N) is 1. The summed E-state index contributed by atoms with van der Waals surface area (Å²) in [6, 6.07) is 2.51. The number of sulfonamides is 1. The molecule has 0 radical (unpaired) electrons. The van der Waals surface area contributed by atoms with E-state index in [9.17, 15) is 8.42 Å². The van der Waals surface area contributed by atoms with Gasteiger partial charge in [-0.15, -0.1) is 0 Å². The number of hydrogen-bond acceptors (Lipinski definition) is 4. The summed E-state index contributed by atoms with van der Waals surface area (Å²) in [6.07, 6.45) is 0. The lowest BCUT2D eigenvalue weighted by molar-refractivity contribution is 0.153. The van der Waals surface area contributed by atoms with E-state index in [2.05, 4.69) is 4.72 Å². The minimum absolute atomic E-state index is 0.0248. The Labute approximate surface area is 116 Å². The van der Waals surface area contributed by atoms with Crippen molar-refractivity contribution in [3.05, 3.63) is 22.2 Å². The van der Waals surface area contributed by atoms with Crippen molar-refractivity contribution in [2.75, 3.05) is 25.5 Å². The highest BCUT2D eigenvalue weighted by Crippen LogP contribution is 2.30. The van der Waals surface area contributed by atoms with Crippen LogP contribution in [-0.4, -0.2) is 28.2 Å². The van der Waals surface area contributed by atoms with Gasteiger partial charge >= 0.3 is 0 Å². The molecule has 1 rings (SSSR count). The van der Waals surface area contributed by atoms with E-state index < -0.39 is 10.0 Å². The quantitative estimate of drug-likeness (QED) is 0.621. The van der Waals surface area contributed by atoms with Crippen molar-refractivity contribution in [1.29, 1.82) is 0 Å². The molecule has 0 fully saturated rings. The lowest BCUT2D eigenvalue weighted by Gasteiger charge is -2.09. The molecule has 0 aliphatic rings. The van der Waals surface area contributed by atoms with Crippen LogP contribution in [0.25, 0.3) is 0 Å². The zero-order valence-electron chi connectivity index (χ0n) is 9.74. The molecular weight excluding hydrogens is 299 g/mol. The standard InChI is InChI=1S/C10H14Cl2N2O3S/c1-2-17-4-3-14-18(15,16)7-5-8(11)10(13)9(12)6-7/h5-6,14H,2-4,13H2,1H3. The normalized spacial score (nSPS) is 11.7. The largest absolute Gasteiger partial charge is 0.396 e. The maximum Gasteiger partial charge on any atom is 0.240 e. The monoisotopic (exact) mass is 312 g/mol. The van der Waals surface area contributed by atoms with Crippen LogP contribution in [0.3, 0.4) is 0 Å². The predicted molar refractivity (Wildman–Crippen MR) is 72.6 cm³/mol. The van der Waals surface area contributed by atoms with Gasteiger partial charge < -0.3 is 10.5 Å². The number of ether oxygens (including phenoxy) is 1. The smallest absolute Gasteiger partial charge is 0.240 e. The zero-order chi connectivity index (χ0) is 13.8. The summed E-state index contributed by atoms with van der Waals surface area (Å²) in [6.45, 7) is 2.83. The van der Waals surface area contributed by atoms with Crippen molar-refractivity contribution in [2.45, 2.75) is 11.8 Å². The van der Waals surface area contributed by atoms with E-state index >= 15 is 0 Å². The number of benzene rings is 1. The molecule has 3 N–H and O–H groups in total. The van der Waals surface area contributed by atoms with Crippen molar-refractivity contribution >= 4 is 38.9 Å². The Bertz CT molecular complexity index is 497. The third-order valence-electron chi connectivity index (χ3n) is 2.11. The molecule has 0 unspecified atom stereocenters. The zero-order valence-corrected chi connectivity index (χ0v) is 12.1. The van der Waals surface area contributed by atoms with Gasteiger partial charge in [-0.1, -0.05) is 23.2 Å². The number of hydrogen-bond donors (Lipinski definition) is 2. The molecule has 0 atom stereocenters. The molecule has 0 saturated heterocycles. The van der Waals surface area contributed by atoms with Crippen molar-refractivity contribution in [1.82, 2.24) is 4.72 Å². The summed E-state index contributed by atoms with van der Waals surface area (Å²) < 4.78 is 31.2. The number of rotatable bonds is 6. The van der Waals surface area contributed by atoms with E-state index in [0.717, 1.165) is 0 Å². The molecule has 102 valence electrons. The summed E-state index contributed by atoms with van der Waals surface area (Å²) in [4.78, 5) is -0.0248. The van der Waals surface area contributed by atoms with Gasteiger partial charge in [-0.05, 0) is 19.1 Å². The first-order valence-electron chi connectivity index (χ1n) is 5.20. The molecule has 0 aliphatic heterocycles. The third kappa shape index (κ3) is 4.00. The minimum Gasteiger partial charge on any atom is -0.396 e. The molecule has 0 aliphatic carbocycles. The fourth-order valence-corrected chi connectivity index (χ4v) is 2.87. The highest BCUT2D eigenvalue weighted by atomic mass is 35.5. The number of anilines is 1. The Hall–Kier alpha value is -0.530. The molecule has 1 aromatic rings. The molecule has 0 amide bonds. The Balaban J connectivity index is 2.85. The average Bonchev–Trinajstić information content (AvgIpc) is 2.31.